The molecule has 0 unspecified atom stereocenters. The maximum Gasteiger partial charge on any atom is 0.267 e. The lowest BCUT2D eigenvalue weighted by atomic mass is 9.99. The summed E-state index contributed by atoms with van der Waals surface area (Å²) in [6, 6.07) is 8.36. The molecule has 0 N–H and O–H groups in total. The van der Waals surface area contributed by atoms with Crippen molar-refractivity contribution in [3.8, 4) is 0 Å². The summed E-state index contributed by atoms with van der Waals surface area (Å²) < 4.78 is 40.3. The van der Waals surface area contributed by atoms with Gasteiger partial charge >= 0.3 is 0 Å². The van der Waals surface area contributed by atoms with Crippen LogP contribution in [0.15, 0.2) is 52.4 Å². The molecule has 1 fully saturated rings. The minimum Gasteiger partial charge on any atom is -0.338 e. The average molecular weight is 469 g/mol. The zero-order chi connectivity index (χ0) is 21.6. The molecule has 0 bridgehead atoms. The molecular weight excluding hydrogens is 450 g/mol. The van der Waals surface area contributed by atoms with Crippen molar-refractivity contribution in [3.63, 3.8) is 0 Å². The number of piperidine rings is 1. The highest BCUT2D eigenvalue weighted by atomic mass is 35.5. The molecule has 0 atom stereocenters. The van der Waals surface area contributed by atoms with Crippen LogP contribution >= 0.6 is 23.2 Å². The fourth-order valence-corrected chi connectivity index (χ4v) is 5.53. The quantitative estimate of drug-likeness (QED) is 0.610. The van der Waals surface area contributed by atoms with Crippen LogP contribution in [-0.2, 0) is 14.6 Å². The number of carbonyl (C=O) groups is 1. The summed E-state index contributed by atoms with van der Waals surface area (Å²) in [6.07, 6.45) is 2.92. The molecule has 158 valence electrons. The van der Waals surface area contributed by atoms with Gasteiger partial charge in [0, 0.05) is 30.0 Å². The van der Waals surface area contributed by atoms with Crippen LogP contribution in [0.4, 0.5) is 15.8 Å². The molecule has 0 spiro atoms. The minimum atomic E-state index is -4.06. The third-order valence-corrected chi connectivity index (χ3v) is 7.78. The van der Waals surface area contributed by atoms with Gasteiger partial charge in [0.25, 0.3) is 5.91 Å². The van der Waals surface area contributed by atoms with Crippen LogP contribution < -0.4 is 4.90 Å². The van der Waals surface area contributed by atoms with E-state index in [0.717, 1.165) is 12.8 Å². The number of hydrogen-bond donors (Lipinski definition) is 0. The SMILES string of the molecule is CC1CCN(C(=O)C2=CN(c3ccc(F)c(Cl)c3)c3cc(Cl)ccc3S2(=O)=O)CC1. The number of benzene rings is 2. The third kappa shape index (κ3) is 3.70. The summed E-state index contributed by atoms with van der Waals surface area (Å²) >= 11 is 12.0. The Hall–Kier alpha value is -2.09. The highest BCUT2D eigenvalue weighted by Gasteiger charge is 2.38. The Morgan fingerprint density at radius 1 is 1.10 bits per heavy atom. The van der Waals surface area contributed by atoms with Gasteiger partial charge in [0.1, 0.15) is 5.82 Å². The summed E-state index contributed by atoms with van der Waals surface area (Å²) in [7, 11) is -4.06. The number of carbonyl (C=O) groups excluding carboxylic acids is 1. The molecule has 2 aromatic carbocycles. The second kappa shape index (κ2) is 7.87. The molecule has 0 aliphatic carbocycles. The topological polar surface area (TPSA) is 57.7 Å². The van der Waals surface area contributed by atoms with Crippen LogP contribution in [0.5, 0.6) is 0 Å². The van der Waals surface area contributed by atoms with Gasteiger partial charge in [0.05, 0.1) is 15.6 Å². The fourth-order valence-electron chi connectivity index (χ4n) is 3.67. The Balaban J connectivity index is 1.85. The lowest BCUT2D eigenvalue weighted by Crippen LogP contribution is -2.41. The highest BCUT2D eigenvalue weighted by Crippen LogP contribution is 2.42. The first-order chi connectivity index (χ1) is 14.2. The number of likely N-dealkylation sites (tertiary alicyclic amines) is 1. The van der Waals surface area contributed by atoms with Crippen LogP contribution in [0, 0.1) is 11.7 Å². The van der Waals surface area contributed by atoms with Crippen molar-refractivity contribution in [2.24, 2.45) is 5.92 Å². The first-order valence-electron chi connectivity index (χ1n) is 9.48. The van der Waals surface area contributed by atoms with E-state index in [4.69, 9.17) is 23.2 Å². The molecule has 0 radical (unpaired) electrons. The van der Waals surface area contributed by atoms with Crippen molar-refractivity contribution in [1.29, 1.82) is 0 Å². The normalized spacial score (nSPS) is 18.7. The number of amides is 1. The van der Waals surface area contributed by atoms with Crippen molar-refractivity contribution < 1.29 is 17.6 Å². The lowest BCUT2D eigenvalue weighted by molar-refractivity contribution is -0.127. The van der Waals surface area contributed by atoms with Crippen molar-refractivity contribution in [2.45, 2.75) is 24.7 Å². The molecule has 30 heavy (non-hydrogen) atoms. The fraction of sp³-hybridized carbons (Fsp3) is 0.286. The highest BCUT2D eigenvalue weighted by molar-refractivity contribution is 7.96. The number of anilines is 2. The second-order valence-corrected chi connectivity index (χ2v) is 10.3. The van der Waals surface area contributed by atoms with Gasteiger partial charge in [-0.15, -0.1) is 0 Å². The summed E-state index contributed by atoms with van der Waals surface area (Å²) in [5.74, 6) is -0.647. The van der Waals surface area contributed by atoms with Crippen LogP contribution in [0.2, 0.25) is 10.0 Å². The number of nitrogens with zero attached hydrogens (tertiary/aromatic N) is 2. The van der Waals surface area contributed by atoms with Crippen molar-refractivity contribution in [1.82, 2.24) is 4.90 Å². The lowest BCUT2D eigenvalue weighted by Gasteiger charge is -2.33. The molecule has 2 aromatic rings. The molecule has 2 heterocycles. The van der Waals surface area contributed by atoms with E-state index in [0.29, 0.717) is 29.7 Å². The third-order valence-electron chi connectivity index (χ3n) is 5.47. The molecular formula is C21H19Cl2FN2O3S. The van der Waals surface area contributed by atoms with Crippen LogP contribution in [0.1, 0.15) is 19.8 Å². The van der Waals surface area contributed by atoms with Gasteiger partial charge in [0.15, 0.2) is 4.91 Å². The number of fused-ring (bicyclic) bond motifs is 1. The standard InChI is InChI=1S/C21H19Cl2FN2O3S/c1-13-6-8-25(9-7-13)21(27)20-12-26(15-3-4-17(24)16(23)11-15)18-10-14(22)2-5-19(18)30(20,28)29/h2-5,10-13H,6-9H2,1H3. The Labute approximate surface area is 184 Å². The van der Waals surface area contributed by atoms with Gasteiger partial charge in [-0.1, -0.05) is 30.1 Å². The monoisotopic (exact) mass is 468 g/mol. The number of rotatable bonds is 2. The van der Waals surface area contributed by atoms with Gasteiger partial charge in [-0.25, -0.2) is 12.8 Å². The second-order valence-electron chi connectivity index (χ2n) is 7.55. The molecule has 2 aliphatic rings. The van der Waals surface area contributed by atoms with Gasteiger partial charge in [0.2, 0.25) is 9.84 Å². The maximum atomic E-state index is 13.7. The van der Waals surface area contributed by atoms with E-state index in [1.165, 1.54) is 47.5 Å². The predicted octanol–water partition coefficient (Wildman–Crippen LogP) is 5.16. The average Bonchev–Trinajstić information content (AvgIpc) is 2.70. The van der Waals surface area contributed by atoms with Crippen molar-refractivity contribution in [2.75, 3.05) is 18.0 Å². The summed E-state index contributed by atoms with van der Waals surface area (Å²) in [6.45, 7) is 3.11. The Morgan fingerprint density at radius 3 is 2.47 bits per heavy atom. The first kappa shape index (κ1) is 21.2. The molecule has 0 saturated carbocycles. The molecule has 5 nitrogen and oxygen atoms in total. The van der Waals surface area contributed by atoms with Gasteiger partial charge in [-0.05, 0) is 55.2 Å². The Morgan fingerprint density at radius 2 is 1.80 bits per heavy atom. The number of hydrogen-bond acceptors (Lipinski definition) is 4. The van der Waals surface area contributed by atoms with E-state index >= 15 is 0 Å². The van der Waals surface area contributed by atoms with E-state index < -0.39 is 21.6 Å². The smallest absolute Gasteiger partial charge is 0.267 e. The van der Waals surface area contributed by atoms with E-state index in [2.05, 4.69) is 6.92 Å². The summed E-state index contributed by atoms with van der Waals surface area (Å²) in [4.78, 5) is 15.9. The molecule has 0 aromatic heterocycles. The first-order valence-corrected chi connectivity index (χ1v) is 11.7. The van der Waals surface area contributed by atoms with Crippen LogP contribution in [0.3, 0.4) is 0 Å². The van der Waals surface area contributed by atoms with Crippen LogP contribution in [-0.4, -0.2) is 32.3 Å². The Bertz CT molecular complexity index is 1160. The molecule has 2 aliphatic heterocycles. The predicted molar refractivity (Wildman–Crippen MR) is 115 cm³/mol. The maximum absolute atomic E-state index is 13.7. The van der Waals surface area contributed by atoms with Gasteiger partial charge in [-0.2, -0.15) is 0 Å². The Kier molecular flexibility index (Phi) is 5.55. The zero-order valence-electron chi connectivity index (χ0n) is 16.1. The van der Waals surface area contributed by atoms with Crippen molar-refractivity contribution >= 4 is 50.3 Å². The summed E-state index contributed by atoms with van der Waals surface area (Å²) in [5, 5.41) is 0.214. The number of halogens is 3. The van der Waals surface area contributed by atoms with E-state index in [-0.39, 0.29) is 20.5 Å². The van der Waals surface area contributed by atoms with Gasteiger partial charge in [-0.3, -0.25) is 4.79 Å². The van der Waals surface area contributed by atoms with E-state index in [1.54, 1.807) is 4.90 Å². The van der Waals surface area contributed by atoms with E-state index in [1.807, 2.05) is 0 Å². The molecule has 9 heteroatoms. The summed E-state index contributed by atoms with van der Waals surface area (Å²) in [5.41, 5.74) is 0.686. The molecule has 1 amide bonds. The zero-order valence-corrected chi connectivity index (χ0v) is 18.4. The molecule has 1 saturated heterocycles. The van der Waals surface area contributed by atoms with E-state index in [9.17, 15) is 17.6 Å². The largest absolute Gasteiger partial charge is 0.338 e. The van der Waals surface area contributed by atoms with Crippen LogP contribution in [0.25, 0.3) is 0 Å². The van der Waals surface area contributed by atoms with Crippen molar-refractivity contribution in [3.05, 3.63) is 63.4 Å². The number of sulfone groups is 1. The molecule has 4 rings (SSSR count). The van der Waals surface area contributed by atoms with Gasteiger partial charge < -0.3 is 9.80 Å². The minimum absolute atomic E-state index is 0.0384.